The van der Waals surface area contributed by atoms with E-state index in [1.165, 1.54) is 0 Å². The van der Waals surface area contributed by atoms with E-state index >= 15 is 0 Å². The SMILES string of the molecule is NC(=O)CCC(N)C(=O)NC(CC(=O)O)C(=O)N1CCCC1C(=O)NC(CCCN=C(N)N)C(=O)O. The molecule has 0 aromatic rings. The van der Waals surface area contributed by atoms with Crippen molar-refractivity contribution in [2.45, 2.75) is 69.1 Å². The molecular weight excluding hydrogens is 480 g/mol. The van der Waals surface area contributed by atoms with Crippen LogP contribution in [0.1, 0.15) is 44.9 Å². The third-order valence-corrected chi connectivity index (χ3v) is 5.43. The molecule has 16 nitrogen and oxygen atoms in total. The molecule has 1 rings (SSSR count). The number of likely N-dealkylation sites (tertiary alicyclic amines) is 1. The van der Waals surface area contributed by atoms with E-state index in [1.807, 2.05) is 0 Å². The zero-order valence-electron chi connectivity index (χ0n) is 19.7. The number of amides is 4. The summed E-state index contributed by atoms with van der Waals surface area (Å²) < 4.78 is 0. The maximum absolute atomic E-state index is 13.1. The second kappa shape index (κ2) is 14.4. The summed E-state index contributed by atoms with van der Waals surface area (Å²) in [5.74, 6) is -5.92. The van der Waals surface area contributed by atoms with Crippen LogP contribution in [0.3, 0.4) is 0 Å². The number of primary amides is 1. The molecule has 0 spiro atoms. The molecule has 4 amide bonds. The molecule has 0 aromatic carbocycles. The Balaban J connectivity index is 2.89. The monoisotopic (exact) mass is 514 g/mol. The Morgan fingerprint density at radius 2 is 1.67 bits per heavy atom. The number of carboxylic acid groups (broad SMARTS) is 2. The van der Waals surface area contributed by atoms with Gasteiger partial charge in [-0.1, -0.05) is 0 Å². The van der Waals surface area contributed by atoms with Crippen LogP contribution in [0.15, 0.2) is 4.99 Å². The molecule has 4 unspecified atom stereocenters. The first-order valence-electron chi connectivity index (χ1n) is 11.3. The Kier molecular flexibility index (Phi) is 12.1. The number of rotatable bonds is 15. The molecule has 1 aliphatic heterocycles. The summed E-state index contributed by atoms with van der Waals surface area (Å²) in [7, 11) is 0. The fourth-order valence-electron chi connectivity index (χ4n) is 3.61. The average Bonchev–Trinajstić information content (AvgIpc) is 3.27. The van der Waals surface area contributed by atoms with Gasteiger partial charge in [0.25, 0.3) is 0 Å². The lowest BCUT2D eigenvalue weighted by Crippen LogP contribution is -2.57. The molecule has 0 aromatic heterocycles. The minimum Gasteiger partial charge on any atom is -0.481 e. The quantitative estimate of drug-likeness (QED) is 0.0594. The molecule has 4 atom stereocenters. The number of nitrogens with two attached hydrogens (primary N) is 4. The standard InChI is InChI=1S/C20H34N8O8/c21-10(5-6-14(22)29)16(32)27-12(9-15(30)31)18(34)28-8-2-4-13(28)17(33)26-11(19(35)36)3-1-7-25-20(23)24/h10-13H,1-9,21H2,(H2,22,29)(H,26,33)(H,27,32)(H,30,31)(H,35,36)(H4,23,24,25). The van der Waals surface area contributed by atoms with Crippen molar-refractivity contribution < 1.29 is 39.0 Å². The van der Waals surface area contributed by atoms with Crippen LogP contribution in [-0.2, 0) is 28.8 Å². The van der Waals surface area contributed by atoms with Gasteiger partial charge in [-0.3, -0.25) is 29.0 Å². The highest BCUT2D eigenvalue weighted by molar-refractivity contribution is 5.96. The molecule has 1 aliphatic rings. The summed E-state index contributed by atoms with van der Waals surface area (Å²) in [5.41, 5.74) is 21.2. The molecule has 16 heteroatoms. The first kappa shape index (κ1) is 30.1. The Labute approximate surface area is 206 Å². The summed E-state index contributed by atoms with van der Waals surface area (Å²) in [6, 6.07) is -5.07. The minimum absolute atomic E-state index is 0.0272. The number of guanidine groups is 1. The van der Waals surface area contributed by atoms with Gasteiger partial charge in [0.15, 0.2) is 5.96 Å². The highest BCUT2D eigenvalue weighted by Crippen LogP contribution is 2.20. The number of nitrogens with one attached hydrogen (secondary N) is 2. The Hall–Kier alpha value is -3.95. The zero-order chi connectivity index (χ0) is 27.4. The van der Waals surface area contributed by atoms with Crippen molar-refractivity contribution in [2.24, 2.45) is 27.9 Å². The van der Waals surface area contributed by atoms with Crippen LogP contribution in [0.2, 0.25) is 0 Å². The van der Waals surface area contributed by atoms with Gasteiger partial charge in [-0.15, -0.1) is 0 Å². The molecule has 0 radical (unpaired) electrons. The maximum Gasteiger partial charge on any atom is 0.326 e. The van der Waals surface area contributed by atoms with E-state index in [0.717, 1.165) is 4.90 Å². The third-order valence-electron chi connectivity index (χ3n) is 5.43. The van der Waals surface area contributed by atoms with E-state index in [9.17, 15) is 39.0 Å². The van der Waals surface area contributed by atoms with E-state index < -0.39 is 66.2 Å². The Morgan fingerprint density at radius 1 is 1.00 bits per heavy atom. The second-order valence-electron chi connectivity index (χ2n) is 8.31. The molecule has 1 saturated heterocycles. The van der Waals surface area contributed by atoms with Gasteiger partial charge in [0.1, 0.15) is 18.1 Å². The van der Waals surface area contributed by atoms with Crippen molar-refractivity contribution in [3.05, 3.63) is 0 Å². The number of nitrogens with zero attached hydrogens (tertiary/aromatic N) is 2. The molecule has 0 aliphatic carbocycles. The van der Waals surface area contributed by atoms with Crippen LogP contribution < -0.4 is 33.6 Å². The summed E-state index contributed by atoms with van der Waals surface area (Å²) >= 11 is 0. The van der Waals surface area contributed by atoms with Gasteiger partial charge >= 0.3 is 11.9 Å². The van der Waals surface area contributed by atoms with E-state index in [0.29, 0.717) is 6.42 Å². The van der Waals surface area contributed by atoms with Gasteiger partial charge in [0, 0.05) is 19.5 Å². The van der Waals surface area contributed by atoms with Crippen molar-refractivity contribution in [3.63, 3.8) is 0 Å². The smallest absolute Gasteiger partial charge is 0.326 e. The lowest BCUT2D eigenvalue weighted by atomic mass is 10.1. The lowest BCUT2D eigenvalue weighted by Gasteiger charge is -2.29. The van der Waals surface area contributed by atoms with Crippen molar-refractivity contribution in [1.82, 2.24) is 15.5 Å². The molecule has 12 N–H and O–H groups in total. The minimum atomic E-state index is -1.53. The number of hydrogen-bond donors (Lipinski definition) is 8. The lowest BCUT2D eigenvalue weighted by molar-refractivity contribution is -0.147. The van der Waals surface area contributed by atoms with Gasteiger partial charge < -0.3 is 48.7 Å². The van der Waals surface area contributed by atoms with Gasteiger partial charge in [-0.25, -0.2) is 4.79 Å². The predicted molar refractivity (Wildman–Crippen MR) is 125 cm³/mol. The van der Waals surface area contributed by atoms with E-state index in [2.05, 4.69) is 15.6 Å². The zero-order valence-corrected chi connectivity index (χ0v) is 19.7. The molecule has 1 heterocycles. The first-order valence-corrected chi connectivity index (χ1v) is 11.3. The van der Waals surface area contributed by atoms with Crippen molar-refractivity contribution >= 4 is 41.5 Å². The van der Waals surface area contributed by atoms with Crippen molar-refractivity contribution in [2.75, 3.05) is 13.1 Å². The first-order chi connectivity index (χ1) is 16.8. The topological polar surface area (TPSA) is 287 Å². The van der Waals surface area contributed by atoms with Crippen LogP contribution in [0.4, 0.5) is 0 Å². The van der Waals surface area contributed by atoms with Gasteiger partial charge in [0.2, 0.25) is 23.6 Å². The van der Waals surface area contributed by atoms with Crippen LogP contribution in [0.5, 0.6) is 0 Å². The van der Waals surface area contributed by atoms with Gasteiger partial charge in [-0.05, 0) is 32.1 Å². The molecule has 202 valence electrons. The highest BCUT2D eigenvalue weighted by atomic mass is 16.4. The molecular formula is C20H34N8O8. The number of carbonyl (C=O) groups is 6. The summed E-state index contributed by atoms with van der Waals surface area (Å²) in [6.07, 6.45) is -0.159. The van der Waals surface area contributed by atoms with E-state index in [4.69, 9.17) is 22.9 Å². The fraction of sp³-hybridized carbons (Fsp3) is 0.650. The number of hydrogen-bond acceptors (Lipinski definition) is 8. The van der Waals surface area contributed by atoms with Crippen LogP contribution in [-0.4, -0.2) is 93.9 Å². The molecule has 36 heavy (non-hydrogen) atoms. The Bertz CT molecular complexity index is 876. The highest BCUT2D eigenvalue weighted by Gasteiger charge is 2.39. The fourth-order valence-corrected chi connectivity index (χ4v) is 3.61. The third kappa shape index (κ3) is 10.1. The summed E-state index contributed by atoms with van der Waals surface area (Å²) in [4.78, 5) is 76.9. The second-order valence-corrected chi connectivity index (χ2v) is 8.31. The van der Waals surface area contributed by atoms with E-state index in [-0.39, 0.29) is 51.2 Å². The van der Waals surface area contributed by atoms with E-state index in [1.54, 1.807) is 0 Å². The normalized spacial score (nSPS) is 17.4. The summed E-state index contributed by atoms with van der Waals surface area (Å²) in [5, 5.41) is 23.3. The van der Waals surface area contributed by atoms with Crippen LogP contribution in [0.25, 0.3) is 0 Å². The van der Waals surface area contributed by atoms with Gasteiger partial charge in [-0.2, -0.15) is 0 Å². The maximum atomic E-state index is 13.1. The molecule has 0 saturated carbocycles. The number of carboxylic acids is 2. The molecule has 0 bridgehead atoms. The van der Waals surface area contributed by atoms with Crippen molar-refractivity contribution in [3.8, 4) is 0 Å². The van der Waals surface area contributed by atoms with Gasteiger partial charge in [0.05, 0.1) is 12.5 Å². The number of aliphatic carboxylic acids is 2. The largest absolute Gasteiger partial charge is 0.481 e. The van der Waals surface area contributed by atoms with Crippen LogP contribution in [0, 0.1) is 0 Å². The Morgan fingerprint density at radius 3 is 2.22 bits per heavy atom. The number of carbonyl (C=O) groups excluding carboxylic acids is 4. The average molecular weight is 515 g/mol. The van der Waals surface area contributed by atoms with Crippen molar-refractivity contribution in [1.29, 1.82) is 0 Å². The van der Waals surface area contributed by atoms with Crippen LogP contribution >= 0.6 is 0 Å². The predicted octanol–water partition coefficient (Wildman–Crippen LogP) is -3.85. The summed E-state index contributed by atoms with van der Waals surface area (Å²) in [6.45, 7) is 0.257. The number of aliphatic imine (C=N–C) groups is 1. The molecule has 1 fully saturated rings.